The average Bonchev–Trinajstić information content (AvgIpc) is 2.34. The Balaban J connectivity index is 2.70. The molecule has 4 nitrogen and oxygen atoms in total. The predicted molar refractivity (Wildman–Crippen MR) is 47.9 cm³/mol. The molecular weight excluding hydrogens is 176 g/mol. The number of nitrogens with zero attached hydrogens (tertiary/aromatic N) is 1. The topological polar surface area (TPSA) is 62.2 Å². The van der Waals surface area contributed by atoms with Crippen molar-refractivity contribution < 1.29 is 9.90 Å². The van der Waals surface area contributed by atoms with E-state index in [-0.39, 0.29) is 0 Å². The lowest BCUT2D eigenvalue weighted by Crippen LogP contribution is -2.06. The molecule has 0 aromatic carbocycles. The number of hydrogen-bond acceptors (Lipinski definition) is 3. The Morgan fingerprint density at radius 2 is 2.42 bits per heavy atom. The molecule has 1 aromatic rings. The molecule has 1 amide bonds. The molecule has 0 aliphatic carbocycles. The van der Waals surface area contributed by atoms with Crippen LogP contribution < -0.4 is 5.32 Å². The number of aromatic nitrogens is 1. The molecule has 2 N–H and O–H groups in total. The highest BCUT2D eigenvalue weighted by atomic mass is 32.1. The predicted octanol–water partition coefficient (Wildman–Crippen LogP) is 2.36. The van der Waals surface area contributed by atoms with Gasteiger partial charge in [-0.15, -0.1) is 11.3 Å². The van der Waals surface area contributed by atoms with Crippen LogP contribution >= 0.6 is 11.3 Å². The first-order valence-electron chi connectivity index (χ1n) is 3.55. The summed E-state index contributed by atoms with van der Waals surface area (Å²) in [5.74, 6) is 0.395. The summed E-state index contributed by atoms with van der Waals surface area (Å²) in [5, 5.41) is 11.0. The Morgan fingerprint density at radius 3 is 2.83 bits per heavy atom. The van der Waals surface area contributed by atoms with Crippen LogP contribution in [-0.4, -0.2) is 16.2 Å². The Kier molecular flexibility index (Phi) is 2.65. The molecule has 12 heavy (non-hydrogen) atoms. The highest BCUT2D eigenvalue weighted by Crippen LogP contribution is 2.24. The van der Waals surface area contributed by atoms with E-state index in [1.807, 2.05) is 13.8 Å². The standard InChI is InChI=1S/C7H10N2O2S/c1-4(2)5-3-8-6(12-5)9-7(10)11/h3-4H,1-2H3,(H,8,9)(H,10,11). The van der Waals surface area contributed by atoms with Crippen molar-refractivity contribution in [1.29, 1.82) is 0 Å². The van der Waals surface area contributed by atoms with Crippen LogP contribution in [0.5, 0.6) is 0 Å². The third kappa shape index (κ3) is 2.20. The lowest BCUT2D eigenvalue weighted by molar-refractivity contribution is 0.209. The Labute approximate surface area is 74.3 Å². The van der Waals surface area contributed by atoms with Gasteiger partial charge in [-0.25, -0.2) is 9.78 Å². The van der Waals surface area contributed by atoms with Gasteiger partial charge in [0.2, 0.25) is 0 Å². The van der Waals surface area contributed by atoms with Crippen LogP contribution in [0.2, 0.25) is 0 Å². The molecule has 0 bridgehead atoms. The summed E-state index contributed by atoms with van der Waals surface area (Å²) < 4.78 is 0. The van der Waals surface area contributed by atoms with Gasteiger partial charge in [0.05, 0.1) is 0 Å². The average molecular weight is 186 g/mol. The smallest absolute Gasteiger partial charge is 0.410 e. The van der Waals surface area contributed by atoms with Crippen molar-refractivity contribution in [3.05, 3.63) is 11.1 Å². The summed E-state index contributed by atoms with van der Waals surface area (Å²) in [6.07, 6.45) is 0.625. The van der Waals surface area contributed by atoms with Gasteiger partial charge in [0.25, 0.3) is 0 Å². The molecular formula is C7H10N2O2S. The first-order valence-corrected chi connectivity index (χ1v) is 4.37. The van der Waals surface area contributed by atoms with Gasteiger partial charge >= 0.3 is 6.09 Å². The van der Waals surface area contributed by atoms with E-state index >= 15 is 0 Å². The fraction of sp³-hybridized carbons (Fsp3) is 0.429. The number of carboxylic acid groups (broad SMARTS) is 1. The van der Waals surface area contributed by atoms with Crippen molar-refractivity contribution in [2.75, 3.05) is 5.32 Å². The second-order valence-corrected chi connectivity index (χ2v) is 3.71. The van der Waals surface area contributed by atoms with Crippen molar-refractivity contribution in [3.63, 3.8) is 0 Å². The zero-order valence-corrected chi connectivity index (χ0v) is 7.68. The molecule has 0 aliphatic heterocycles. The first kappa shape index (κ1) is 8.99. The number of hydrogen-bond donors (Lipinski definition) is 2. The first-order chi connectivity index (χ1) is 5.59. The summed E-state index contributed by atoms with van der Waals surface area (Å²) in [7, 11) is 0. The Hall–Kier alpha value is -1.10. The molecule has 0 atom stereocenters. The number of nitrogens with one attached hydrogen (secondary N) is 1. The third-order valence-corrected chi connectivity index (χ3v) is 2.52. The lowest BCUT2D eigenvalue weighted by atomic mass is 10.2. The zero-order valence-electron chi connectivity index (χ0n) is 6.87. The highest BCUT2D eigenvalue weighted by molar-refractivity contribution is 7.15. The number of anilines is 1. The molecule has 0 spiro atoms. The van der Waals surface area contributed by atoms with E-state index in [1.54, 1.807) is 6.20 Å². The van der Waals surface area contributed by atoms with E-state index in [0.29, 0.717) is 11.0 Å². The number of rotatable bonds is 2. The molecule has 1 rings (SSSR count). The third-order valence-electron chi connectivity index (χ3n) is 1.31. The molecule has 0 unspecified atom stereocenters. The van der Waals surface area contributed by atoms with Gasteiger partial charge in [-0.05, 0) is 5.92 Å². The quantitative estimate of drug-likeness (QED) is 0.745. The van der Waals surface area contributed by atoms with Crippen LogP contribution in [0, 0.1) is 0 Å². The van der Waals surface area contributed by atoms with Gasteiger partial charge in [-0.2, -0.15) is 0 Å². The fourth-order valence-electron chi connectivity index (χ4n) is 0.703. The Bertz CT molecular complexity index is 283. The summed E-state index contributed by atoms with van der Waals surface area (Å²) in [6.45, 7) is 4.08. The molecule has 0 radical (unpaired) electrons. The minimum Gasteiger partial charge on any atom is -0.465 e. The van der Waals surface area contributed by atoms with Gasteiger partial charge < -0.3 is 5.11 Å². The molecule has 1 aromatic heterocycles. The second kappa shape index (κ2) is 3.53. The van der Waals surface area contributed by atoms with Gasteiger partial charge in [-0.1, -0.05) is 13.8 Å². The van der Waals surface area contributed by atoms with Gasteiger partial charge in [-0.3, -0.25) is 5.32 Å². The maximum Gasteiger partial charge on any atom is 0.410 e. The summed E-state index contributed by atoms with van der Waals surface area (Å²) in [5.41, 5.74) is 0. The van der Waals surface area contributed by atoms with Crippen molar-refractivity contribution >= 4 is 22.6 Å². The molecule has 0 saturated carbocycles. The van der Waals surface area contributed by atoms with E-state index in [1.165, 1.54) is 11.3 Å². The molecule has 0 aliphatic rings. The van der Waals surface area contributed by atoms with E-state index in [2.05, 4.69) is 10.3 Å². The highest BCUT2D eigenvalue weighted by Gasteiger charge is 2.06. The molecule has 66 valence electrons. The van der Waals surface area contributed by atoms with Crippen LogP contribution in [0.15, 0.2) is 6.20 Å². The second-order valence-electron chi connectivity index (χ2n) is 2.65. The summed E-state index contributed by atoms with van der Waals surface area (Å²) in [4.78, 5) is 15.2. The molecule has 5 heteroatoms. The zero-order chi connectivity index (χ0) is 9.14. The molecule has 1 heterocycles. The van der Waals surface area contributed by atoms with E-state index in [0.717, 1.165) is 4.88 Å². The monoisotopic (exact) mass is 186 g/mol. The minimum absolute atomic E-state index is 0.395. The number of thiazole rings is 1. The minimum atomic E-state index is -1.07. The van der Waals surface area contributed by atoms with Crippen LogP contribution in [0.4, 0.5) is 9.93 Å². The summed E-state index contributed by atoms with van der Waals surface area (Å²) in [6, 6.07) is 0. The van der Waals surface area contributed by atoms with Crippen LogP contribution in [0.1, 0.15) is 24.6 Å². The lowest BCUT2D eigenvalue weighted by Gasteiger charge is -1.96. The van der Waals surface area contributed by atoms with Crippen molar-refractivity contribution in [2.45, 2.75) is 19.8 Å². The van der Waals surface area contributed by atoms with Gasteiger partial charge in [0.1, 0.15) is 0 Å². The van der Waals surface area contributed by atoms with Crippen molar-refractivity contribution in [1.82, 2.24) is 4.98 Å². The fourth-order valence-corrected chi connectivity index (χ4v) is 1.51. The number of carbonyl (C=O) groups is 1. The van der Waals surface area contributed by atoms with E-state index in [9.17, 15) is 4.79 Å². The van der Waals surface area contributed by atoms with Crippen molar-refractivity contribution in [3.8, 4) is 0 Å². The number of amides is 1. The molecule has 0 fully saturated rings. The van der Waals surface area contributed by atoms with E-state index < -0.39 is 6.09 Å². The SMILES string of the molecule is CC(C)c1cnc(NC(=O)O)s1. The van der Waals surface area contributed by atoms with Crippen LogP contribution in [0.3, 0.4) is 0 Å². The van der Waals surface area contributed by atoms with Crippen LogP contribution in [-0.2, 0) is 0 Å². The Morgan fingerprint density at radius 1 is 1.75 bits per heavy atom. The van der Waals surface area contributed by atoms with Gasteiger partial charge in [0, 0.05) is 11.1 Å². The maximum absolute atomic E-state index is 10.2. The van der Waals surface area contributed by atoms with E-state index in [4.69, 9.17) is 5.11 Å². The normalized spacial score (nSPS) is 10.2. The largest absolute Gasteiger partial charge is 0.465 e. The van der Waals surface area contributed by atoms with Crippen LogP contribution in [0.25, 0.3) is 0 Å². The maximum atomic E-state index is 10.2. The molecule has 0 saturated heterocycles. The summed E-state index contributed by atoms with van der Waals surface area (Å²) >= 11 is 1.37. The van der Waals surface area contributed by atoms with Gasteiger partial charge in [0.15, 0.2) is 5.13 Å². The van der Waals surface area contributed by atoms with Crippen molar-refractivity contribution in [2.24, 2.45) is 0 Å².